The molecule has 8 heteroatoms. The normalized spacial score (nSPS) is 14.5. The second kappa shape index (κ2) is 5.88. The summed E-state index contributed by atoms with van der Waals surface area (Å²) in [5.41, 5.74) is 0.968. The fraction of sp³-hybridized carbons (Fsp3) is 0.357. The lowest BCUT2D eigenvalue weighted by molar-refractivity contribution is -0.129. The van der Waals surface area contributed by atoms with E-state index in [1.807, 2.05) is 0 Å². The quantitative estimate of drug-likeness (QED) is 0.753. The van der Waals surface area contributed by atoms with Gasteiger partial charge >= 0.3 is 0 Å². The Hall–Kier alpha value is -2.22. The molecular formula is C14H15FN4O2S. The van der Waals surface area contributed by atoms with Crippen LogP contribution in [-0.4, -0.2) is 46.3 Å². The molecule has 0 bridgehead atoms. The molecule has 0 spiro atoms. The van der Waals surface area contributed by atoms with Crippen LogP contribution in [0.1, 0.15) is 23.2 Å². The summed E-state index contributed by atoms with van der Waals surface area (Å²) in [4.78, 5) is 31.4. The van der Waals surface area contributed by atoms with E-state index >= 15 is 0 Å². The highest BCUT2D eigenvalue weighted by molar-refractivity contribution is 7.71. The largest absolute Gasteiger partial charge is 0.343 e. The zero-order valence-corrected chi connectivity index (χ0v) is 12.6. The van der Waals surface area contributed by atoms with Gasteiger partial charge in [0, 0.05) is 13.1 Å². The molecule has 1 aliphatic rings. The van der Waals surface area contributed by atoms with Crippen molar-refractivity contribution in [3.8, 4) is 0 Å². The number of aromatic amines is 2. The van der Waals surface area contributed by atoms with Gasteiger partial charge in [-0.3, -0.25) is 9.59 Å². The Labute approximate surface area is 130 Å². The van der Waals surface area contributed by atoms with Crippen molar-refractivity contribution in [3.05, 3.63) is 28.3 Å². The Morgan fingerprint density at radius 1 is 1.27 bits per heavy atom. The van der Waals surface area contributed by atoms with Crippen LogP contribution in [0.2, 0.25) is 0 Å². The van der Waals surface area contributed by atoms with Crippen LogP contribution in [0.15, 0.2) is 12.1 Å². The molecule has 3 rings (SSSR count). The van der Waals surface area contributed by atoms with Crippen LogP contribution in [0, 0.1) is 10.6 Å². The molecule has 1 aliphatic heterocycles. The predicted octanol–water partition coefficient (Wildman–Crippen LogP) is 1.72. The number of hydrogen-bond acceptors (Lipinski definition) is 3. The molecule has 3 N–H and O–H groups in total. The number of hydrogen-bond donors (Lipinski definition) is 3. The van der Waals surface area contributed by atoms with Crippen LogP contribution in [0.5, 0.6) is 0 Å². The number of rotatable bonds is 3. The first-order chi connectivity index (χ1) is 10.5. The number of imidazole rings is 1. The molecule has 1 aromatic carbocycles. The summed E-state index contributed by atoms with van der Waals surface area (Å²) in [6.07, 6.45) is 1.98. The topological polar surface area (TPSA) is 81.0 Å². The van der Waals surface area contributed by atoms with Crippen molar-refractivity contribution in [2.45, 2.75) is 12.8 Å². The van der Waals surface area contributed by atoms with Crippen molar-refractivity contribution < 1.29 is 14.0 Å². The summed E-state index contributed by atoms with van der Waals surface area (Å²) in [7, 11) is 0. The van der Waals surface area contributed by atoms with Crippen molar-refractivity contribution >= 4 is 35.1 Å². The van der Waals surface area contributed by atoms with Crippen molar-refractivity contribution in [1.82, 2.24) is 20.2 Å². The van der Waals surface area contributed by atoms with E-state index in [4.69, 9.17) is 12.2 Å². The summed E-state index contributed by atoms with van der Waals surface area (Å²) in [5.74, 6) is -1.18. The van der Waals surface area contributed by atoms with Gasteiger partial charge in [0.1, 0.15) is 5.82 Å². The number of nitrogens with one attached hydrogen (secondary N) is 3. The Morgan fingerprint density at radius 3 is 2.73 bits per heavy atom. The van der Waals surface area contributed by atoms with Gasteiger partial charge in [0.25, 0.3) is 5.91 Å². The fourth-order valence-corrected chi connectivity index (χ4v) is 2.83. The molecule has 116 valence electrons. The Morgan fingerprint density at radius 2 is 2.00 bits per heavy atom. The van der Waals surface area contributed by atoms with Gasteiger partial charge in [-0.2, -0.15) is 0 Å². The van der Waals surface area contributed by atoms with Crippen LogP contribution in [-0.2, 0) is 4.79 Å². The third-order valence-electron chi connectivity index (χ3n) is 3.69. The van der Waals surface area contributed by atoms with Gasteiger partial charge in [0.2, 0.25) is 5.91 Å². The molecule has 1 aromatic heterocycles. The maximum absolute atomic E-state index is 13.6. The van der Waals surface area contributed by atoms with Crippen molar-refractivity contribution in [3.63, 3.8) is 0 Å². The average Bonchev–Trinajstić information content (AvgIpc) is 3.11. The van der Waals surface area contributed by atoms with Crippen LogP contribution < -0.4 is 5.32 Å². The van der Waals surface area contributed by atoms with Gasteiger partial charge < -0.3 is 20.2 Å². The van der Waals surface area contributed by atoms with E-state index < -0.39 is 11.7 Å². The maximum atomic E-state index is 13.6. The van der Waals surface area contributed by atoms with E-state index in [0.717, 1.165) is 32.0 Å². The van der Waals surface area contributed by atoms with E-state index in [1.165, 1.54) is 6.07 Å². The van der Waals surface area contributed by atoms with Gasteiger partial charge in [0.05, 0.1) is 23.1 Å². The van der Waals surface area contributed by atoms with Crippen molar-refractivity contribution in [1.29, 1.82) is 0 Å². The lowest BCUT2D eigenvalue weighted by Crippen LogP contribution is -2.38. The molecule has 0 unspecified atom stereocenters. The Balaban J connectivity index is 1.77. The highest BCUT2D eigenvalue weighted by Crippen LogP contribution is 2.17. The molecule has 6 nitrogen and oxygen atoms in total. The van der Waals surface area contributed by atoms with Crippen molar-refractivity contribution in [2.24, 2.45) is 0 Å². The first kappa shape index (κ1) is 14.7. The second-order valence-electron chi connectivity index (χ2n) is 5.23. The molecular weight excluding hydrogens is 307 g/mol. The second-order valence-corrected chi connectivity index (χ2v) is 5.63. The highest BCUT2D eigenvalue weighted by Gasteiger charge is 2.19. The third kappa shape index (κ3) is 2.87. The molecule has 1 saturated heterocycles. The van der Waals surface area contributed by atoms with Gasteiger partial charge in [-0.15, -0.1) is 0 Å². The molecule has 0 atom stereocenters. The summed E-state index contributed by atoms with van der Waals surface area (Å²) in [6.45, 7) is 1.36. The molecule has 2 heterocycles. The Bertz CT molecular complexity index is 792. The van der Waals surface area contributed by atoms with Crippen LogP contribution in [0.4, 0.5) is 4.39 Å². The SMILES string of the molecule is O=C(NCC(=O)N1CCCC1)c1cc(F)cc2[nH]c(=S)[nH]c12. The highest BCUT2D eigenvalue weighted by atomic mass is 32.1. The number of benzene rings is 1. The lowest BCUT2D eigenvalue weighted by atomic mass is 10.1. The van der Waals surface area contributed by atoms with Gasteiger partial charge in [-0.25, -0.2) is 4.39 Å². The minimum absolute atomic E-state index is 0.0952. The minimum Gasteiger partial charge on any atom is -0.343 e. The van der Waals surface area contributed by atoms with Gasteiger partial charge in [-0.05, 0) is 37.2 Å². The van der Waals surface area contributed by atoms with Crippen LogP contribution >= 0.6 is 12.2 Å². The molecule has 22 heavy (non-hydrogen) atoms. The Kier molecular flexibility index (Phi) is 3.93. The smallest absolute Gasteiger partial charge is 0.254 e. The maximum Gasteiger partial charge on any atom is 0.254 e. The summed E-state index contributed by atoms with van der Waals surface area (Å²) >= 11 is 4.96. The number of H-pyrrole nitrogens is 2. The number of carbonyl (C=O) groups excluding carboxylic acids is 2. The van der Waals surface area contributed by atoms with E-state index in [9.17, 15) is 14.0 Å². The lowest BCUT2D eigenvalue weighted by Gasteiger charge is -2.15. The third-order valence-corrected chi connectivity index (χ3v) is 3.90. The molecule has 1 fully saturated rings. The molecule has 0 saturated carbocycles. The number of likely N-dealkylation sites (tertiary alicyclic amines) is 1. The molecule has 0 radical (unpaired) electrons. The van der Waals surface area contributed by atoms with E-state index in [2.05, 4.69) is 15.3 Å². The number of amides is 2. The number of aromatic nitrogens is 2. The molecule has 0 aliphatic carbocycles. The van der Waals surface area contributed by atoms with Crippen molar-refractivity contribution in [2.75, 3.05) is 19.6 Å². The van der Waals surface area contributed by atoms with Crippen LogP contribution in [0.25, 0.3) is 11.0 Å². The van der Waals surface area contributed by atoms with E-state index in [0.29, 0.717) is 15.8 Å². The standard InChI is InChI=1S/C14H15FN4O2S/c15-8-5-9(12-10(6-8)17-14(22)18-12)13(21)16-7-11(20)19-3-1-2-4-19/h5-6H,1-4,7H2,(H,16,21)(H2,17,18,22). The molecule has 2 aromatic rings. The number of fused-ring (bicyclic) bond motifs is 1. The summed E-state index contributed by atoms with van der Waals surface area (Å²) < 4.78 is 13.9. The van der Waals surface area contributed by atoms with Gasteiger partial charge in [-0.1, -0.05) is 0 Å². The first-order valence-electron chi connectivity index (χ1n) is 7.02. The zero-order valence-electron chi connectivity index (χ0n) is 11.7. The predicted molar refractivity (Wildman–Crippen MR) is 81.6 cm³/mol. The molecule has 2 amide bonds. The average molecular weight is 322 g/mol. The number of carbonyl (C=O) groups is 2. The number of halogens is 1. The summed E-state index contributed by atoms with van der Waals surface area (Å²) in [5, 5.41) is 2.54. The van der Waals surface area contributed by atoms with E-state index in [-0.39, 0.29) is 18.0 Å². The first-order valence-corrected chi connectivity index (χ1v) is 7.43. The number of nitrogens with zero attached hydrogens (tertiary/aromatic N) is 1. The van der Waals surface area contributed by atoms with E-state index in [1.54, 1.807) is 4.90 Å². The fourth-order valence-electron chi connectivity index (χ4n) is 2.62. The van der Waals surface area contributed by atoms with Gasteiger partial charge in [0.15, 0.2) is 4.77 Å². The van der Waals surface area contributed by atoms with Crippen LogP contribution in [0.3, 0.4) is 0 Å². The zero-order chi connectivity index (χ0) is 15.7. The monoisotopic (exact) mass is 322 g/mol. The minimum atomic E-state index is -0.547. The summed E-state index contributed by atoms with van der Waals surface area (Å²) in [6, 6.07) is 2.38.